The minimum Gasteiger partial charge on any atom is -0.491 e. The van der Waals surface area contributed by atoms with Gasteiger partial charge in [0.15, 0.2) is 0 Å². The third kappa shape index (κ3) is 6.07. The van der Waals surface area contributed by atoms with Crippen LogP contribution in [0.25, 0.3) is 11.1 Å². The molecule has 0 bridgehead atoms. The van der Waals surface area contributed by atoms with Crippen LogP contribution in [0.2, 0.25) is 0 Å². The normalized spacial score (nSPS) is 14.2. The minimum absolute atomic E-state index is 0. The molecule has 5 rings (SSSR count). The first-order valence-electron chi connectivity index (χ1n) is 12.4. The Kier molecular flexibility index (Phi) is 9.03. The van der Waals surface area contributed by atoms with Crippen molar-refractivity contribution in [1.82, 2.24) is 20.6 Å². The van der Waals surface area contributed by atoms with Crippen LogP contribution in [-0.2, 0) is 19.4 Å². The Morgan fingerprint density at radius 1 is 1.00 bits per heavy atom. The van der Waals surface area contributed by atoms with Crippen molar-refractivity contribution in [3.63, 3.8) is 0 Å². The summed E-state index contributed by atoms with van der Waals surface area (Å²) in [4.78, 5) is 0. The summed E-state index contributed by atoms with van der Waals surface area (Å²) in [7, 11) is 0. The smallest absolute Gasteiger partial charge is 0.491 e. The Bertz CT molecular complexity index is 1330. The molecule has 7 nitrogen and oxygen atoms in total. The van der Waals surface area contributed by atoms with Gasteiger partial charge in [0.1, 0.15) is 24.7 Å². The third-order valence-corrected chi connectivity index (χ3v) is 7.08. The number of benzene rings is 3. The van der Waals surface area contributed by atoms with Crippen LogP contribution in [0, 0.1) is 20.8 Å². The number of nitrogens with zero attached hydrogens (tertiary/aromatic N) is 4. The van der Waals surface area contributed by atoms with E-state index in [1.165, 1.54) is 33.4 Å². The van der Waals surface area contributed by atoms with Crippen molar-refractivity contribution >= 4 is 0 Å². The summed E-state index contributed by atoms with van der Waals surface area (Å²) >= 11 is 0. The maximum atomic E-state index is 9.06. The van der Waals surface area contributed by atoms with Crippen LogP contribution in [0.15, 0.2) is 48.5 Å². The summed E-state index contributed by atoms with van der Waals surface area (Å²) < 4.78 is 11.9. The molecule has 3 aromatic carbocycles. The minimum atomic E-state index is 0. The van der Waals surface area contributed by atoms with Gasteiger partial charge in [-0.05, 0) is 115 Å². The van der Waals surface area contributed by atoms with E-state index in [9.17, 15) is 0 Å². The molecule has 1 aromatic heterocycles. The van der Waals surface area contributed by atoms with Crippen molar-refractivity contribution < 1.29 is 44.1 Å². The Labute approximate surface area is 239 Å². The predicted molar refractivity (Wildman–Crippen MR) is 137 cm³/mol. The van der Waals surface area contributed by atoms with E-state index in [1.807, 2.05) is 12.1 Å². The van der Waals surface area contributed by atoms with Crippen molar-refractivity contribution in [3.8, 4) is 22.6 Å². The number of rotatable bonds is 9. The molecule has 0 fully saturated rings. The number of hydrogen-bond acceptors (Lipinski definition) is 6. The van der Waals surface area contributed by atoms with Gasteiger partial charge >= 0.3 is 29.6 Å². The molecule has 0 aliphatic heterocycles. The second kappa shape index (κ2) is 12.2. The zero-order valence-corrected chi connectivity index (χ0v) is 24.0. The van der Waals surface area contributed by atoms with Gasteiger partial charge in [-0.1, -0.05) is 24.3 Å². The summed E-state index contributed by atoms with van der Waals surface area (Å²) in [6.07, 6.45) is 2.89. The number of aliphatic hydroxyl groups excluding tert-OH is 1. The molecule has 0 saturated carbocycles. The van der Waals surface area contributed by atoms with Gasteiger partial charge in [-0.25, -0.2) is 0 Å². The van der Waals surface area contributed by atoms with Gasteiger partial charge < -0.3 is 19.7 Å². The van der Waals surface area contributed by atoms with Crippen LogP contribution in [0.4, 0.5) is 0 Å². The Balaban J connectivity index is 0.00000320. The van der Waals surface area contributed by atoms with Gasteiger partial charge in [-0.3, -0.25) is 10.3 Å². The second-order valence-corrected chi connectivity index (χ2v) is 9.48. The molecular formula is C29H31N4NaO3. The molecule has 1 N–H and O–H groups in total. The number of hydrogen-bond donors (Lipinski definition) is 1. The molecule has 0 amide bonds. The summed E-state index contributed by atoms with van der Waals surface area (Å²) in [6.45, 7) is 7.18. The average Bonchev–Trinajstić information content (AvgIpc) is 3.53. The molecule has 1 unspecified atom stereocenters. The van der Waals surface area contributed by atoms with Gasteiger partial charge in [-0.15, -0.1) is 0 Å². The van der Waals surface area contributed by atoms with Gasteiger partial charge in [-0.2, -0.15) is 5.21 Å². The van der Waals surface area contributed by atoms with Crippen LogP contribution in [-0.4, -0.2) is 33.8 Å². The molecule has 4 aromatic rings. The quantitative estimate of drug-likeness (QED) is 0.345. The van der Waals surface area contributed by atoms with Crippen LogP contribution >= 0.6 is 0 Å². The first-order chi connectivity index (χ1) is 17.5. The summed E-state index contributed by atoms with van der Waals surface area (Å²) in [6, 6.07) is 16.9. The van der Waals surface area contributed by atoms with Gasteiger partial charge in [0, 0.05) is 5.82 Å². The molecule has 186 valence electrons. The van der Waals surface area contributed by atoms with E-state index in [4.69, 9.17) is 14.6 Å². The molecule has 1 atom stereocenters. The number of tetrazole rings is 1. The van der Waals surface area contributed by atoms with Crippen LogP contribution < -0.4 is 44.1 Å². The van der Waals surface area contributed by atoms with Crippen molar-refractivity contribution in [2.24, 2.45) is 0 Å². The molecule has 1 heterocycles. The molecule has 0 radical (unpaired) electrons. The van der Waals surface area contributed by atoms with Crippen LogP contribution in [0.5, 0.6) is 11.5 Å². The Morgan fingerprint density at radius 2 is 1.81 bits per heavy atom. The van der Waals surface area contributed by atoms with Crippen LogP contribution in [0.1, 0.15) is 51.5 Å². The molecular weight excluding hydrogens is 475 g/mol. The fourth-order valence-electron chi connectivity index (χ4n) is 5.32. The molecule has 37 heavy (non-hydrogen) atoms. The first-order valence-corrected chi connectivity index (χ1v) is 12.4. The topological polar surface area (TPSA) is 91.5 Å². The maximum absolute atomic E-state index is 9.06. The fraction of sp³-hybridized carbons (Fsp3) is 0.345. The molecule has 1 aliphatic carbocycles. The zero-order chi connectivity index (χ0) is 25.1. The molecule has 0 spiro atoms. The van der Waals surface area contributed by atoms with Crippen LogP contribution in [0.3, 0.4) is 0 Å². The first kappa shape index (κ1) is 27.3. The van der Waals surface area contributed by atoms with Crippen molar-refractivity contribution in [3.05, 3.63) is 87.7 Å². The largest absolute Gasteiger partial charge is 1.00 e. The number of fused-ring (bicyclic) bond motifs is 1. The summed E-state index contributed by atoms with van der Waals surface area (Å²) in [5, 5.41) is 24.2. The van der Waals surface area contributed by atoms with E-state index in [1.54, 1.807) is 0 Å². The van der Waals surface area contributed by atoms with Gasteiger partial charge in [0.25, 0.3) is 0 Å². The summed E-state index contributed by atoms with van der Waals surface area (Å²) in [5.41, 5.74) is 9.79. The van der Waals surface area contributed by atoms with E-state index in [2.05, 4.69) is 77.8 Å². The zero-order valence-electron chi connectivity index (χ0n) is 22.0. The predicted octanol–water partition coefficient (Wildman–Crippen LogP) is 1.65. The van der Waals surface area contributed by atoms with E-state index in [0.29, 0.717) is 25.0 Å². The number of aryl methyl sites for hydroxylation is 3. The number of ether oxygens (including phenoxy) is 2. The third-order valence-electron chi connectivity index (χ3n) is 7.08. The standard InChI is InChI=1S/C29H31N4O3.Na/c1-18-13-25(35-12-11-34)14-19(2)29(18)26-6-4-5-23(20(26)3)17-36-24-9-10-27-21(15-24)7-8-22(27)16-28-30-32-33-31-28;/h4-6,9-10,13-15,22,34H,7-8,11-12,16-17H2,1-3H3;/q-1;+1. The fourth-order valence-corrected chi connectivity index (χ4v) is 5.32. The molecule has 0 saturated heterocycles. The van der Waals surface area contributed by atoms with E-state index in [0.717, 1.165) is 41.9 Å². The van der Waals surface area contributed by atoms with E-state index < -0.39 is 0 Å². The maximum Gasteiger partial charge on any atom is 1.00 e. The van der Waals surface area contributed by atoms with Gasteiger partial charge in [0.2, 0.25) is 0 Å². The van der Waals surface area contributed by atoms with Crippen molar-refractivity contribution in [1.29, 1.82) is 0 Å². The van der Waals surface area contributed by atoms with E-state index >= 15 is 0 Å². The molecule has 1 aliphatic rings. The Morgan fingerprint density at radius 3 is 2.54 bits per heavy atom. The average molecular weight is 507 g/mol. The Hall–Kier alpha value is -2.71. The SMILES string of the molecule is Cc1cc(OCCO)cc(C)c1-c1cccc(COc2ccc3c(c2)CCC3Cc2nnn[n-]2)c1C.[Na+]. The summed E-state index contributed by atoms with van der Waals surface area (Å²) in [5.74, 6) is 2.80. The van der Waals surface area contributed by atoms with Crippen molar-refractivity contribution in [2.75, 3.05) is 13.2 Å². The number of aromatic nitrogens is 4. The van der Waals surface area contributed by atoms with Gasteiger partial charge in [0.05, 0.1) is 6.61 Å². The second-order valence-electron chi connectivity index (χ2n) is 9.48. The number of aliphatic hydroxyl groups is 1. The van der Waals surface area contributed by atoms with Crippen molar-refractivity contribution in [2.45, 2.75) is 52.6 Å². The monoisotopic (exact) mass is 506 g/mol. The molecule has 8 heteroatoms. The van der Waals surface area contributed by atoms with E-state index in [-0.39, 0.29) is 36.2 Å².